The van der Waals surface area contributed by atoms with Gasteiger partial charge in [0.15, 0.2) is 0 Å². The van der Waals surface area contributed by atoms with Gasteiger partial charge in [0.2, 0.25) is 0 Å². The summed E-state index contributed by atoms with van der Waals surface area (Å²) >= 11 is 10.5. The van der Waals surface area contributed by atoms with E-state index in [1.165, 1.54) is 12.1 Å². The van der Waals surface area contributed by atoms with Crippen molar-refractivity contribution in [3.8, 4) is 11.8 Å². The van der Waals surface area contributed by atoms with Crippen molar-refractivity contribution in [2.75, 3.05) is 0 Å². The number of hydrogen-bond acceptors (Lipinski definition) is 3. The van der Waals surface area contributed by atoms with Gasteiger partial charge in [0.25, 0.3) is 0 Å². The molecule has 0 aliphatic carbocycles. The largest absolute Gasteiger partial charge is 0.487 e. The minimum Gasteiger partial charge on any atom is -0.487 e. The van der Waals surface area contributed by atoms with E-state index in [0.29, 0.717) is 34.8 Å². The van der Waals surface area contributed by atoms with Crippen LogP contribution < -0.4 is 4.74 Å². The summed E-state index contributed by atoms with van der Waals surface area (Å²) in [6.07, 6.45) is 1.71. The fourth-order valence-corrected chi connectivity index (χ4v) is 4.68. The number of allylic oxidation sites excluding steroid dienone is 1. The first-order chi connectivity index (χ1) is 14.9. The second kappa shape index (κ2) is 9.35. The molecule has 0 saturated heterocycles. The predicted octanol–water partition coefficient (Wildman–Crippen LogP) is 7.63. The van der Waals surface area contributed by atoms with Crippen LogP contribution >= 0.6 is 47.8 Å². The van der Waals surface area contributed by atoms with Crippen LogP contribution in [0.4, 0.5) is 4.39 Å². The molecule has 0 spiro atoms. The summed E-state index contributed by atoms with van der Waals surface area (Å²) in [6, 6.07) is 18.0. The normalized spacial score (nSPS) is 11.5. The molecule has 0 aliphatic heterocycles. The van der Waals surface area contributed by atoms with Gasteiger partial charge in [-0.2, -0.15) is 5.26 Å². The molecule has 0 unspecified atom stereocenters. The third-order valence-electron chi connectivity index (χ3n) is 4.45. The molecule has 1 N–H and O–H groups in total. The fraction of sp³-hybridized carbons (Fsp3) is 0.0435. The van der Waals surface area contributed by atoms with Crippen LogP contribution in [0.2, 0.25) is 0 Å². The third-order valence-corrected chi connectivity index (χ3v) is 6.15. The Labute approximate surface area is 203 Å². The first-order valence-corrected chi connectivity index (χ1v) is 11.4. The van der Waals surface area contributed by atoms with Gasteiger partial charge in [-0.25, -0.2) is 9.37 Å². The van der Waals surface area contributed by atoms with Crippen LogP contribution in [0.1, 0.15) is 17.0 Å². The molecule has 1 heterocycles. The Balaban J connectivity index is 1.60. The summed E-state index contributed by atoms with van der Waals surface area (Å²) in [6.45, 7) is 0.415. The van der Waals surface area contributed by atoms with Gasteiger partial charge in [-0.05, 0) is 91.5 Å². The van der Waals surface area contributed by atoms with Crippen molar-refractivity contribution in [3.63, 3.8) is 0 Å². The maximum absolute atomic E-state index is 13.4. The lowest BCUT2D eigenvalue weighted by molar-refractivity contribution is 0.302. The number of ether oxygens (including phenoxy) is 1. The second-order valence-corrected chi connectivity index (χ2v) is 9.27. The molecule has 4 rings (SSSR count). The van der Waals surface area contributed by atoms with Crippen molar-refractivity contribution < 1.29 is 9.13 Å². The molecule has 0 amide bonds. The summed E-state index contributed by atoms with van der Waals surface area (Å²) in [7, 11) is 0. The van der Waals surface area contributed by atoms with Gasteiger partial charge in [0, 0.05) is 4.47 Å². The Morgan fingerprint density at radius 1 is 1.06 bits per heavy atom. The standard InChI is InChI=1S/C23H13Br3FN3O/c24-16-3-1-13(2-4-16)12-31-22-18(25)8-14(9-19(22)26)7-15(11-28)23-29-20-6-5-17(27)10-21(20)30-23/h1-10H,12H2,(H,29,30)/b15-7-. The Morgan fingerprint density at radius 3 is 2.45 bits per heavy atom. The molecular weight excluding hydrogens is 593 g/mol. The van der Waals surface area contributed by atoms with Crippen LogP contribution in [0.5, 0.6) is 5.75 Å². The maximum Gasteiger partial charge on any atom is 0.149 e. The smallest absolute Gasteiger partial charge is 0.149 e. The van der Waals surface area contributed by atoms with Gasteiger partial charge in [-0.3, -0.25) is 0 Å². The molecule has 3 aromatic carbocycles. The number of rotatable bonds is 5. The molecular formula is C23H13Br3FN3O. The lowest BCUT2D eigenvalue weighted by atomic mass is 10.1. The Hall–Kier alpha value is -2.47. The summed E-state index contributed by atoms with van der Waals surface area (Å²) < 4.78 is 21.9. The maximum atomic E-state index is 13.4. The summed E-state index contributed by atoms with van der Waals surface area (Å²) in [5.74, 6) is 0.681. The number of halogens is 4. The summed E-state index contributed by atoms with van der Waals surface area (Å²) in [5, 5.41) is 9.64. The molecule has 0 atom stereocenters. The van der Waals surface area contributed by atoms with Crippen LogP contribution in [-0.2, 0) is 6.61 Å². The molecule has 4 nitrogen and oxygen atoms in total. The number of benzene rings is 3. The van der Waals surface area contributed by atoms with Crippen molar-refractivity contribution in [1.29, 1.82) is 5.26 Å². The van der Waals surface area contributed by atoms with E-state index in [1.807, 2.05) is 36.4 Å². The van der Waals surface area contributed by atoms with Crippen LogP contribution in [0.25, 0.3) is 22.7 Å². The third kappa shape index (κ3) is 5.06. The van der Waals surface area contributed by atoms with E-state index in [1.54, 1.807) is 12.1 Å². The minimum atomic E-state index is -0.364. The Bertz CT molecular complexity index is 1320. The Morgan fingerprint density at radius 2 is 1.77 bits per heavy atom. The highest BCUT2D eigenvalue weighted by molar-refractivity contribution is 9.11. The SMILES string of the molecule is N#C/C(=C/c1cc(Br)c(OCc2ccc(Br)cc2)c(Br)c1)c1nc2ccc(F)cc2[nH]1. The summed E-state index contributed by atoms with van der Waals surface area (Å²) in [4.78, 5) is 7.39. The average Bonchev–Trinajstić information content (AvgIpc) is 3.15. The number of hydrogen-bond donors (Lipinski definition) is 1. The lowest BCUT2D eigenvalue weighted by Crippen LogP contribution is -1.97. The van der Waals surface area contributed by atoms with Crippen molar-refractivity contribution in [3.05, 3.63) is 90.8 Å². The van der Waals surface area contributed by atoms with Crippen LogP contribution in [0.15, 0.2) is 68.0 Å². The first-order valence-electron chi connectivity index (χ1n) is 9.06. The number of nitrogens with zero attached hydrogens (tertiary/aromatic N) is 2. The van der Waals surface area contributed by atoms with E-state index >= 15 is 0 Å². The number of fused-ring (bicyclic) bond motifs is 1. The average molecular weight is 606 g/mol. The number of imidazole rings is 1. The predicted molar refractivity (Wildman–Crippen MR) is 130 cm³/mol. The number of nitrogens with one attached hydrogen (secondary N) is 1. The first kappa shape index (κ1) is 21.8. The molecule has 0 radical (unpaired) electrons. The molecule has 4 aromatic rings. The highest BCUT2D eigenvalue weighted by Gasteiger charge is 2.12. The van der Waals surface area contributed by atoms with Crippen molar-refractivity contribution >= 4 is 70.5 Å². The van der Waals surface area contributed by atoms with E-state index in [4.69, 9.17) is 4.74 Å². The molecule has 31 heavy (non-hydrogen) atoms. The zero-order valence-corrected chi connectivity index (χ0v) is 20.6. The van der Waals surface area contributed by atoms with Gasteiger partial charge in [-0.15, -0.1) is 0 Å². The van der Waals surface area contributed by atoms with E-state index in [-0.39, 0.29) is 5.82 Å². The van der Waals surface area contributed by atoms with Crippen molar-refractivity contribution in [2.24, 2.45) is 0 Å². The minimum absolute atomic E-state index is 0.332. The molecule has 0 fully saturated rings. The fourth-order valence-electron chi connectivity index (χ4n) is 2.97. The van der Waals surface area contributed by atoms with E-state index < -0.39 is 0 Å². The van der Waals surface area contributed by atoms with Gasteiger partial charge in [0.1, 0.15) is 30.1 Å². The number of aromatic amines is 1. The van der Waals surface area contributed by atoms with Gasteiger partial charge in [-0.1, -0.05) is 28.1 Å². The molecule has 1 aromatic heterocycles. The van der Waals surface area contributed by atoms with E-state index in [0.717, 1.165) is 24.5 Å². The molecule has 0 saturated carbocycles. The molecule has 0 bridgehead atoms. The van der Waals surface area contributed by atoms with Crippen LogP contribution in [0.3, 0.4) is 0 Å². The summed E-state index contributed by atoms with van der Waals surface area (Å²) in [5.41, 5.74) is 3.28. The van der Waals surface area contributed by atoms with Gasteiger partial charge >= 0.3 is 0 Å². The highest BCUT2D eigenvalue weighted by atomic mass is 79.9. The topological polar surface area (TPSA) is 61.7 Å². The van der Waals surface area contributed by atoms with Crippen LogP contribution in [0, 0.1) is 17.1 Å². The van der Waals surface area contributed by atoms with Crippen LogP contribution in [-0.4, -0.2) is 9.97 Å². The quantitative estimate of drug-likeness (QED) is 0.238. The number of aromatic nitrogens is 2. The van der Waals surface area contributed by atoms with Gasteiger partial charge in [0.05, 0.1) is 25.6 Å². The number of H-pyrrole nitrogens is 1. The van der Waals surface area contributed by atoms with E-state index in [2.05, 4.69) is 63.8 Å². The van der Waals surface area contributed by atoms with Gasteiger partial charge < -0.3 is 9.72 Å². The van der Waals surface area contributed by atoms with Crippen molar-refractivity contribution in [2.45, 2.75) is 6.61 Å². The Kier molecular flexibility index (Phi) is 6.56. The molecule has 0 aliphatic rings. The van der Waals surface area contributed by atoms with E-state index in [9.17, 15) is 9.65 Å². The molecule has 154 valence electrons. The van der Waals surface area contributed by atoms with Crippen molar-refractivity contribution in [1.82, 2.24) is 9.97 Å². The number of nitriles is 1. The second-order valence-electron chi connectivity index (χ2n) is 6.65. The highest BCUT2D eigenvalue weighted by Crippen LogP contribution is 2.36. The molecule has 8 heteroatoms. The zero-order chi connectivity index (χ0) is 22.0. The lowest BCUT2D eigenvalue weighted by Gasteiger charge is -2.12. The zero-order valence-electron chi connectivity index (χ0n) is 15.8. The monoisotopic (exact) mass is 603 g/mol.